The second-order valence-corrected chi connectivity index (χ2v) is 3.33. The van der Waals surface area contributed by atoms with Crippen molar-refractivity contribution in [3.05, 3.63) is 21.9 Å². The third kappa shape index (κ3) is 1.65. The van der Waals surface area contributed by atoms with Crippen LogP contribution in [0.25, 0.3) is 0 Å². The Kier molecular flexibility index (Phi) is 2.95. The second kappa shape index (κ2) is 3.83. The number of anilines is 1. The first-order valence-corrected chi connectivity index (χ1v) is 4.33. The zero-order chi connectivity index (χ0) is 10.9. The number of halogens is 2. The van der Waals surface area contributed by atoms with Gasteiger partial charge in [-0.3, -0.25) is 0 Å². The Morgan fingerprint density at radius 2 is 2.29 bits per heavy atom. The molecule has 0 bridgehead atoms. The van der Waals surface area contributed by atoms with E-state index in [0.717, 1.165) is 13.2 Å². The molecule has 0 atom stereocenters. The molecule has 0 radical (unpaired) electrons. The summed E-state index contributed by atoms with van der Waals surface area (Å²) in [6.07, 6.45) is 0. The third-order valence-corrected chi connectivity index (χ3v) is 2.24. The molecule has 0 aliphatic carbocycles. The van der Waals surface area contributed by atoms with E-state index in [4.69, 9.17) is 5.73 Å². The van der Waals surface area contributed by atoms with Gasteiger partial charge in [0.15, 0.2) is 11.6 Å². The standard InChI is InChI=1S/C8H7BrFNO3/c1-14-8(13)3-2-4(9)7(12)6(11)5(3)10/h2,12H,11H2,1H3. The van der Waals surface area contributed by atoms with E-state index in [1.54, 1.807) is 0 Å². The van der Waals surface area contributed by atoms with E-state index in [1.165, 1.54) is 0 Å². The first-order valence-electron chi connectivity index (χ1n) is 3.53. The van der Waals surface area contributed by atoms with Crippen LogP contribution >= 0.6 is 15.9 Å². The van der Waals surface area contributed by atoms with Crippen molar-refractivity contribution in [2.24, 2.45) is 0 Å². The second-order valence-electron chi connectivity index (χ2n) is 2.47. The van der Waals surface area contributed by atoms with Crippen LogP contribution in [-0.4, -0.2) is 18.2 Å². The van der Waals surface area contributed by atoms with Gasteiger partial charge < -0.3 is 15.6 Å². The number of methoxy groups -OCH3 is 1. The lowest BCUT2D eigenvalue weighted by molar-refractivity contribution is 0.0595. The smallest absolute Gasteiger partial charge is 0.340 e. The first-order chi connectivity index (χ1) is 6.49. The fourth-order valence-electron chi connectivity index (χ4n) is 0.895. The van der Waals surface area contributed by atoms with Crippen LogP contribution in [0.5, 0.6) is 5.75 Å². The molecule has 0 aliphatic rings. The van der Waals surface area contributed by atoms with Gasteiger partial charge in [0, 0.05) is 0 Å². The maximum Gasteiger partial charge on any atom is 0.340 e. The van der Waals surface area contributed by atoms with Crippen molar-refractivity contribution in [2.45, 2.75) is 0 Å². The molecule has 0 aromatic heterocycles. The van der Waals surface area contributed by atoms with Gasteiger partial charge in [0.05, 0.1) is 17.1 Å². The zero-order valence-corrected chi connectivity index (χ0v) is 8.76. The van der Waals surface area contributed by atoms with Crippen molar-refractivity contribution in [1.29, 1.82) is 0 Å². The average molecular weight is 264 g/mol. The molecular formula is C8H7BrFNO3. The molecule has 4 nitrogen and oxygen atoms in total. The summed E-state index contributed by atoms with van der Waals surface area (Å²) in [6.45, 7) is 0. The molecule has 1 aromatic carbocycles. The van der Waals surface area contributed by atoms with Crippen molar-refractivity contribution >= 4 is 27.6 Å². The number of hydrogen-bond donors (Lipinski definition) is 2. The number of nitrogen functional groups attached to an aromatic ring is 1. The van der Waals surface area contributed by atoms with E-state index >= 15 is 0 Å². The predicted molar refractivity (Wildman–Crippen MR) is 51.5 cm³/mol. The lowest BCUT2D eigenvalue weighted by Crippen LogP contribution is -2.07. The molecule has 0 heterocycles. The Morgan fingerprint density at radius 1 is 1.71 bits per heavy atom. The largest absolute Gasteiger partial charge is 0.505 e. The molecule has 0 unspecified atom stereocenters. The van der Waals surface area contributed by atoms with Gasteiger partial charge in [-0.15, -0.1) is 0 Å². The number of nitrogens with two attached hydrogens (primary N) is 1. The lowest BCUT2D eigenvalue weighted by Gasteiger charge is -2.07. The first kappa shape index (κ1) is 10.8. The quantitative estimate of drug-likeness (QED) is 0.459. The maximum atomic E-state index is 13.3. The summed E-state index contributed by atoms with van der Waals surface area (Å²) in [5, 5.41) is 9.20. The highest BCUT2D eigenvalue weighted by molar-refractivity contribution is 9.10. The van der Waals surface area contributed by atoms with Crippen LogP contribution in [0.15, 0.2) is 10.5 Å². The highest BCUT2D eigenvalue weighted by Crippen LogP contribution is 2.34. The van der Waals surface area contributed by atoms with Crippen LogP contribution in [0.4, 0.5) is 10.1 Å². The molecule has 0 amide bonds. The van der Waals surface area contributed by atoms with E-state index in [1.807, 2.05) is 0 Å². The van der Waals surface area contributed by atoms with Gasteiger partial charge in [0.25, 0.3) is 0 Å². The predicted octanol–water partition coefficient (Wildman–Crippen LogP) is 1.66. The van der Waals surface area contributed by atoms with Gasteiger partial charge in [-0.2, -0.15) is 0 Å². The number of carbonyl (C=O) groups excluding carboxylic acids is 1. The van der Waals surface area contributed by atoms with Crippen LogP contribution < -0.4 is 5.73 Å². The SMILES string of the molecule is COC(=O)c1cc(Br)c(O)c(N)c1F. The molecule has 6 heteroatoms. The van der Waals surface area contributed by atoms with E-state index in [9.17, 15) is 14.3 Å². The van der Waals surface area contributed by atoms with Gasteiger partial charge in [-0.25, -0.2) is 9.18 Å². The van der Waals surface area contributed by atoms with E-state index in [0.29, 0.717) is 0 Å². The fraction of sp³-hybridized carbons (Fsp3) is 0.125. The van der Waals surface area contributed by atoms with Gasteiger partial charge >= 0.3 is 5.97 Å². The fourth-order valence-corrected chi connectivity index (χ4v) is 1.34. The molecule has 14 heavy (non-hydrogen) atoms. The number of ether oxygens (including phenoxy) is 1. The number of rotatable bonds is 1. The summed E-state index contributed by atoms with van der Waals surface area (Å²) in [5.41, 5.74) is 4.40. The molecule has 0 saturated heterocycles. The molecule has 76 valence electrons. The van der Waals surface area contributed by atoms with Crippen molar-refractivity contribution in [2.75, 3.05) is 12.8 Å². The number of phenols is 1. The molecule has 0 spiro atoms. The zero-order valence-electron chi connectivity index (χ0n) is 7.17. The van der Waals surface area contributed by atoms with Crippen LogP contribution in [0.1, 0.15) is 10.4 Å². The van der Waals surface area contributed by atoms with E-state index in [-0.39, 0.29) is 10.0 Å². The van der Waals surface area contributed by atoms with Gasteiger partial charge in [-0.1, -0.05) is 0 Å². The van der Waals surface area contributed by atoms with Crippen LogP contribution in [0.2, 0.25) is 0 Å². The third-order valence-electron chi connectivity index (χ3n) is 1.63. The Morgan fingerprint density at radius 3 is 2.79 bits per heavy atom. The van der Waals surface area contributed by atoms with Gasteiger partial charge in [0.2, 0.25) is 0 Å². The van der Waals surface area contributed by atoms with Crippen molar-refractivity contribution in [1.82, 2.24) is 0 Å². The minimum absolute atomic E-state index is 0.136. The van der Waals surface area contributed by atoms with Gasteiger partial charge in [-0.05, 0) is 22.0 Å². The topological polar surface area (TPSA) is 72.5 Å². The summed E-state index contributed by atoms with van der Waals surface area (Å²) in [7, 11) is 1.12. The number of carbonyl (C=O) groups is 1. The average Bonchev–Trinajstić information content (AvgIpc) is 2.19. The molecule has 0 aliphatic heterocycles. The highest BCUT2D eigenvalue weighted by atomic mass is 79.9. The Labute approximate surface area is 87.6 Å². The normalized spacial score (nSPS) is 9.93. The number of hydrogen-bond acceptors (Lipinski definition) is 4. The molecule has 1 aromatic rings. The summed E-state index contributed by atoms with van der Waals surface area (Å²) >= 11 is 2.92. The number of aromatic hydroxyl groups is 1. The lowest BCUT2D eigenvalue weighted by atomic mass is 10.1. The summed E-state index contributed by atoms with van der Waals surface area (Å²) in [6, 6.07) is 1.10. The summed E-state index contributed by atoms with van der Waals surface area (Å²) in [5.74, 6) is -2.28. The van der Waals surface area contributed by atoms with Crippen molar-refractivity contribution in [3.8, 4) is 5.75 Å². The Balaban J connectivity index is 3.40. The minimum Gasteiger partial charge on any atom is -0.505 e. The highest BCUT2D eigenvalue weighted by Gasteiger charge is 2.19. The van der Waals surface area contributed by atoms with Gasteiger partial charge in [0.1, 0.15) is 5.69 Å². The number of esters is 1. The van der Waals surface area contributed by atoms with Crippen LogP contribution in [-0.2, 0) is 4.74 Å². The van der Waals surface area contributed by atoms with Crippen LogP contribution in [0, 0.1) is 5.82 Å². The van der Waals surface area contributed by atoms with E-state index in [2.05, 4.69) is 20.7 Å². The van der Waals surface area contributed by atoms with Crippen LogP contribution in [0.3, 0.4) is 0 Å². The Bertz CT molecular complexity index is 395. The summed E-state index contributed by atoms with van der Waals surface area (Å²) in [4.78, 5) is 11.0. The Hall–Kier alpha value is -1.30. The number of phenolic OH excluding ortho intramolecular Hbond substituents is 1. The van der Waals surface area contributed by atoms with Crippen molar-refractivity contribution < 1.29 is 19.0 Å². The van der Waals surface area contributed by atoms with Crippen molar-refractivity contribution in [3.63, 3.8) is 0 Å². The molecular weight excluding hydrogens is 257 g/mol. The maximum absolute atomic E-state index is 13.3. The molecule has 1 rings (SSSR count). The minimum atomic E-state index is -0.988. The molecule has 0 fully saturated rings. The van der Waals surface area contributed by atoms with E-state index < -0.39 is 23.2 Å². The summed E-state index contributed by atoms with van der Waals surface area (Å²) < 4.78 is 17.7. The monoisotopic (exact) mass is 263 g/mol. The molecule has 3 N–H and O–H groups in total. The molecule has 0 saturated carbocycles. The number of benzene rings is 1.